The zero-order chi connectivity index (χ0) is 18.8. The second-order valence-corrected chi connectivity index (χ2v) is 6.92. The standard InChI is InChI=1S/C20H34N4O2.HI/c1-16-13-24(14-17(2)26-16)15-19-9-6-5-8-18(19)12-23-20(21-3)22-10-7-11-25-4;/h5-6,8-9,16-17H,7,10-15H2,1-4H3,(H2,21,22,23);1H. The Bertz CT molecular complexity index is 561. The highest BCUT2D eigenvalue weighted by Gasteiger charge is 2.22. The lowest BCUT2D eigenvalue weighted by atomic mass is 10.1. The molecule has 1 aromatic rings. The van der Waals surface area contributed by atoms with Crippen molar-refractivity contribution in [2.75, 3.05) is 40.4 Å². The molecule has 1 aromatic carbocycles. The van der Waals surface area contributed by atoms with Gasteiger partial charge in [0.2, 0.25) is 0 Å². The Morgan fingerprint density at radius 1 is 1.19 bits per heavy atom. The highest BCUT2D eigenvalue weighted by atomic mass is 127. The van der Waals surface area contributed by atoms with Gasteiger partial charge in [-0.3, -0.25) is 9.89 Å². The maximum atomic E-state index is 5.85. The molecule has 7 heteroatoms. The van der Waals surface area contributed by atoms with Crippen molar-refractivity contribution in [2.45, 2.75) is 45.6 Å². The number of rotatable bonds is 8. The monoisotopic (exact) mass is 490 g/mol. The summed E-state index contributed by atoms with van der Waals surface area (Å²) in [5.41, 5.74) is 2.66. The maximum absolute atomic E-state index is 5.85. The Morgan fingerprint density at radius 2 is 1.85 bits per heavy atom. The van der Waals surface area contributed by atoms with E-state index in [1.165, 1.54) is 11.1 Å². The van der Waals surface area contributed by atoms with E-state index in [1.807, 2.05) is 0 Å². The fourth-order valence-electron chi connectivity index (χ4n) is 3.36. The first kappa shape index (κ1) is 24.1. The van der Waals surface area contributed by atoms with Crippen LogP contribution in [0.15, 0.2) is 29.3 Å². The van der Waals surface area contributed by atoms with E-state index in [0.29, 0.717) is 12.2 Å². The Hall–Kier alpha value is -0.900. The number of benzene rings is 1. The number of nitrogens with zero attached hydrogens (tertiary/aromatic N) is 2. The molecule has 1 heterocycles. The van der Waals surface area contributed by atoms with Gasteiger partial charge in [0.05, 0.1) is 12.2 Å². The number of methoxy groups -OCH3 is 1. The normalized spacial score (nSPS) is 20.8. The highest BCUT2D eigenvalue weighted by Crippen LogP contribution is 2.17. The molecule has 0 aromatic heterocycles. The summed E-state index contributed by atoms with van der Waals surface area (Å²) >= 11 is 0. The second kappa shape index (κ2) is 13.3. The van der Waals surface area contributed by atoms with E-state index in [1.54, 1.807) is 14.2 Å². The van der Waals surface area contributed by atoms with Crippen LogP contribution < -0.4 is 10.6 Å². The third kappa shape index (κ3) is 8.76. The Morgan fingerprint density at radius 3 is 2.48 bits per heavy atom. The largest absolute Gasteiger partial charge is 0.385 e. The van der Waals surface area contributed by atoms with Gasteiger partial charge in [-0.1, -0.05) is 24.3 Å². The third-order valence-corrected chi connectivity index (χ3v) is 4.50. The molecular weight excluding hydrogens is 455 g/mol. The Kier molecular flexibility index (Phi) is 11.9. The molecule has 1 aliphatic rings. The third-order valence-electron chi connectivity index (χ3n) is 4.50. The van der Waals surface area contributed by atoms with E-state index in [9.17, 15) is 0 Å². The fourth-order valence-corrected chi connectivity index (χ4v) is 3.36. The van der Waals surface area contributed by atoms with Crippen LogP contribution in [0.2, 0.25) is 0 Å². The molecule has 2 N–H and O–H groups in total. The molecule has 154 valence electrons. The van der Waals surface area contributed by atoms with Crippen molar-refractivity contribution in [3.8, 4) is 0 Å². The molecule has 1 aliphatic heterocycles. The maximum Gasteiger partial charge on any atom is 0.191 e. The predicted octanol–water partition coefficient (Wildman–Crippen LogP) is 2.62. The molecule has 2 rings (SSSR count). The average Bonchev–Trinajstić information content (AvgIpc) is 2.61. The molecule has 0 aliphatic carbocycles. The van der Waals surface area contributed by atoms with Gasteiger partial charge in [-0.15, -0.1) is 24.0 Å². The number of nitrogens with one attached hydrogen (secondary N) is 2. The van der Waals surface area contributed by atoms with Crippen LogP contribution >= 0.6 is 24.0 Å². The summed E-state index contributed by atoms with van der Waals surface area (Å²) in [7, 11) is 3.52. The van der Waals surface area contributed by atoms with E-state index in [2.05, 4.69) is 58.6 Å². The average molecular weight is 490 g/mol. The van der Waals surface area contributed by atoms with Crippen LogP contribution in [0.3, 0.4) is 0 Å². The van der Waals surface area contributed by atoms with Gasteiger partial charge in [-0.05, 0) is 31.4 Å². The molecule has 0 saturated carbocycles. The Balaban J connectivity index is 0.00000364. The molecule has 2 unspecified atom stereocenters. The highest BCUT2D eigenvalue weighted by molar-refractivity contribution is 14.0. The van der Waals surface area contributed by atoms with Crippen molar-refractivity contribution in [2.24, 2.45) is 4.99 Å². The first-order chi connectivity index (χ1) is 12.6. The van der Waals surface area contributed by atoms with Crippen molar-refractivity contribution in [3.63, 3.8) is 0 Å². The van der Waals surface area contributed by atoms with Gasteiger partial charge >= 0.3 is 0 Å². The molecule has 6 nitrogen and oxygen atoms in total. The van der Waals surface area contributed by atoms with Gasteiger partial charge in [0.1, 0.15) is 0 Å². The summed E-state index contributed by atoms with van der Waals surface area (Å²) in [5.74, 6) is 0.824. The molecule has 27 heavy (non-hydrogen) atoms. The fraction of sp³-hybridized carbons (Fsp3) is 0.650. The van der Waals surface area contributed by atoms with E-state index >= 15 is 0 Å². The summed E-state index contributed by atoms with van der Waals surface area (Å²) in [5, 5.41) is 6.73. The van der Waals surface area contributed by atoms with Crippen molar-refractivity contribution in [1.82, 2.24) is 15.5 Å². The zero-order valence-electron chi connectivity index (χ0n) is 17.0. The number of hydrogen-bond donors (Lipinski definition) is 2. The lowest BCUT2D eigenvalue weighted by molar-refractivity contribution is -0.0705. The van der Waals surface area contributed by atoms with Crippen molar-refractivity contribution >= 4 is 29.9 Å². The first-order valence-corrected chi connectivity index (χ1v) is 9.50. The summed E-state index contributed by atoms with van der Waals surface area (Å²) in [4.78, 5) is 6.77. The van der Waals surface area contributed by atoms with Gasteiger partial charge < -0.3 is 20.1 Å². The summed E-state index contributed by atoms with van der Waals surface area (Å²) in [6, 6.07) is 8.62. The molecule has 0 bridgehead atoms. The predicted molar refractivity (Wildman–Crippen MR) is 122 cm³/mol. The summed E-state index contributed by atoms with van der Waals surface area (Å²) in [6.45, 7) is 9.57. The minimum absolute atomic E-state index is 0. The molecular formula is C20H35IN4O2. The molecule has 0 amide bonds. The number of halogens is 1. The Labute approximate surface area is 181 Å². The number of guanidine groups is 1. The van der Waals surface area contributed by atoms with Gasteiger partial charge in [0.25, 0.3) is 0 Å². The topological polar surface area (TPSA) is 58.1 Å². The quantitative estimate of drug-likeness (QED) is 0.254. The summed E-state index contributed by atoms with van der Waals surface area (Å²) in [6.07, 6.45) is 1.54. The number of morpholine rings is 1. The van der Waals surface area contributed by atoms with Gasteiger partial charge in [-0.2, -0.15) is 0 Å². The van der Waals surface area contributed by atoms with E-state index in [4.69, 9.17) is 9.47 Å². The number of hydrogen-bond acceptors (Lipinski definition) is 4. The van der Waals surface area contributed by atoms with Crippen LogP contribution in [-0.4, -0.2) is 63.5 Å². The zero-order valence-corrected chi connectivity index (χ0v) is 19.4. The number of aliphatic imine (C=N–C) groups is 1. The minimum atomic E-state index is 0. The van der Waals surface area contributed by atoms with E-state index < -0.39 is 0 Å². The molecule has 2 atom stereocenters. The van der Waals surface area contributed by atoms with Crippen LogP contribution in [0.25, 0.3) is 0 Å². The van der Waals surface area contributed by atoms with E-state index in [0.717, 1.165) is 51.7 Å². The van der Waals surface area contributed by atoms with Crippen molar-refractivity contribution in [1.29, 1.82) is 0 Å². The van der Waals surface area contributed by atoms with Gasteiger partial charge in [0.15, 0.2) is 5.96 Å². The number of ether oxygens (including phenoxy) is 2. The first-order valence-electron chi connectivity index (χ1n) is 9.50. The lowest BCUT2D eigenvalue weighted by Crippen LogP contribution is -2.45. The molecule has 1 saturated heterocycles. The molecule has 0 radical (unpaired) electrons. The van der Waals surface area contributed by atoms with Gasteiger partial charge in [-0.25, -0.2) is 0 Å². The van der Waals surface area contributed by atoms with Crippen LogP contribution in [-0.2, 0) is 22.6 Å². The smallest absolute Gasteiger partial charge is 0.191 e. The molecule has 0 spiro atoms. The van der Waals surface area contributed by atoms with Crippen LogP contribution in [0.5, 0.6) is 0 Å². The van der Waals surface area contributed by atoms with Crippen LogP contribution in [0.4, 0.5) is 0 Å². The van der Waals surface area contributed by atoms with Crippen LogP contribution in [0, 0.1) is 0 Å². The summed E-state index contributed by atoms with van der Waals surface area (Å²) < 4.78 is 10.9. The minimum Gasteiger partial charge on any atom is -0.385 e. The van der Waals surface area contributed by atoms with Gasteiger partial charge in [0, 0.05) is 53.5 Å². The van der Waals surface area contributed by atoms with Crippen LogP contribution in [0.1, 0.15) is 31.4 Å². The SMILES string of the molecule is CN=C(NCCCOC)NCc1ccccc1CN1CC(C)OC(C)C1.I. The van der Waals surface area contributed by atoms with Crippen molar-refractivity contribution < 1.29 is 9.47 Å². The second-order valence-electron chi connectivity index (χ2n) is 6.92. The van der Waals surface area contributed by atoms with Crippen molar-refractivity contribution in [3.05, 3.63) is 35.4 Å². The van der Waals surface area contributed by atoms with E-state index in [-0.39, 0.29) is 24.0 Å². The lowest BCUT2D eigenvalue weighted by Gasteiger charge is -2.35. The molecule has 1 fully saturated rings.